The highest BCUT2D eigenvalue weighted by atomic mass is 16.6. The molecule has 0 spiro atoms. The van der Waals surface area contributed by atoms with Crippen LogP contribution < -0.4 is 0 Å². The summed E-state index contributed by atoms with van der Waals surface area (Å²) in [5.74, 6) is -0.699. The molecule has 0 heterocycles. The molecule has 0 aromatic heterocycles. The van der Waals surface area contributed by atoms with Gasteiger partial charge in [-0.3, -0.25) is 0 Å². The van der Waals surface area contributed by atoms with Gasteiger partial charge in [-0.05, 0) is 86.8 Å². The number of aryl methyl sites for hydroxylation is 4. The largest absolute Gasteiger partial charge is 0.455 e. The first-order valence-corrected chi connectivity index (χ1v) is 15.0. The molecule has 0 bridgehead atoms. The van der Waals surface area contributed by atoms with Crippen LogP contribution in [0.3, 0.4) is 0 Å². The van der Waals surface area contributed by atoms with Gasteiger partial charge in [0, 0.05) is 0 Å². The highest BCUT2D eigenvalue weighted by Gasteiger charge is 2.24. The van der Waals surface area contributed by atoms with E-state index in [-0.39, 0.29) is 11.9 Å². The van der Waals surface area contributed by atoms with Gasteiger partial charge >= 0.3 is 11.9 Å². The molecule has 0 aliphatic heterocycles. The van der Waals surface area contributed by atoms with Gasteiger partial charge in [0.05, 0.1) is 11.1 Å². The van der Waals surface area contributed by atoms with Crippen molar-refractivity contribution < 1.29 is 19.1 Å². The van der Waals surface area contributed by atoms with E-state index in [4.69, 9.17) is 9.47 Å². The van der Waals surface area contributed by atoms with E-state index in [2.05, 4.69) is 39.8 Å². The van der Waals surface area contributed by atoms with Crippen LogP contribution in [-0.4, -0.2) is 24.1 Å². The summed E-state index contributed by atoms with van der Waals surface area (Å²) in [4.78, 5) is 26.3. The Hall–Kier alpha value is -2.62. The third-order valence-corrected chi connectivity index (χ3v) is 7.44. The number of hydrogen-bond donors (Lipinski definition) is 0. The summed E-state index contributed by atoms with van der Waals surface area (Å²) in [5, 5.41) is 0. The summed E-state index contributed by atoms with van der Waals surface area (Å²) in [6, 6.07) is 12.1. The summed E-state index contributed by atoms with van der Waals surface area (Å²) in [6.07, 6.45) is 11.7. The number of carbonyl (C=O) groups excluding carboxylic acids is 2. The maximum absolute atomic E-state index is 13.2. The van der Waals surface area contributed by atoms with Crippen LogP contribution in [0.1, 0.15) is 136 Å². The van der Waals surface area contributed by atoms with Gasteiger partial charge in [-0.15, -0.1) is 0 Å². The van der Waals surface area contributed by atoms with Gasteiger partial charge < -0.3 is 9.47 Å². The van der Waals surface area contributed by atoms with Crippen LogP contribution >= 0.6 is 0 Å². The lowest BCUT2D eigenvalue weighted by Gasteiger charge is -2.22. The second-order valence-electron chi connectivity index (χ2n) is 10.5. The lowest BCUT2D eigenvalue weighted by Crippen LogP contribution is -2.31. The van der Waals surface area contributed by atoms with E-state index in [0.29, 0.717) is 11.1 Å². The van der Waals surface area contributed by atoms with E-state index < -0.39 is 12.2 Å². The van der Waals surface area contributed by atoms with E-state index in [1.165, 1.54) is 36.8 Å². The molecule has 4 nitrogen and oxygen atoms in total. The lowest BCUT2D eigenvalue weighted by molar-refractivity contribution is -0.0240. The predicted molar refractivity (Wildman–Crippen MR) is 157 cm³/mol. The van der Waals surface area contributed by atoms with Crippen molar-refractivity contribution in [3.63, 3.8) is 0 Å². The zero-order valence-electron chi connectivity index (χ0n) is 24.7. The SMILES string of the molecule is CCCCCCc1cc(CC)ccc1C(=O)OC(C)C(C)OC(=O)c1ccc(CC)cc1CCCCCC. The highest BCUT2D eigenvalue weighted by molar-refractivity contribution is 5.92. The summed E-state index contributed by atoms with van der Waals surface area (Å²) < 4.78 is 11.6. The summed E-state index contributed by atoms with van der Waals surface area (Å²) in [5.41, 5.74) is 5.78. The molecule has 0 saturated heterocycles. The smallest absolute Gasteiger partial charge is 0.338 e. The first kappa shape index (κ1) is 31.6. The second kappa shape index (κ2) is 17.1. The molecule has 210 valence electrons. The van der Waals surface area contributed by atoms with Crippen LogP contribution in [0.15, 0.2) is 36.4 Å². The molecule has 2 aromatic rings. The van der Waals surface area contributed by atoms with Crippen LogP contribution in [0, 0.1) is 0 Å². The maximum atomic E-state index is 13.2. The highest BCUT2D eigenvalue weighted by Crippen LogP contribution is 2.21. The van der Waals surface area contributed by atoms with Crippen molar-refractivity contribution in [2.75, 3.05) is 0 Å². The third kappa shape index (κ3) is 9.93. The zero-order valence-corrected chi connectivity index (χ0v) is 24.7. The fourth-order valence-corrected chi connectivity index (χ4v) is 4.69. The van der Waals surface area contributed by atoms with Crippen molar-refractivity contribution in [3.8, 4) is 0 Å². The molecule has 2 rings (SSSR count). The Kier molecular flexibility index (Phi) is 14.2. The van der Waals surface area contributed by atoms with E-state index in [0.717, 1.165) is 62.5 Å². The Morgan fingerprint density at radius 1 is 0.605 bits per heavy atom. The van der Waals surface area contributed by atoms with Crippen molar-refractivity contribution in [2.45, 2.75) is 131 Å². The molecule has 0 aliphatic rings. The first-order chi connectivity index (χ1) is 18.3. The molecule has 0 fully saturated rings. The molecule has 38 heavy (non-hydrogen) atoms. The van der Waals surface area contributed by atoms with Gasteiger partial charge in [-0.25, -0.2) is 9.59 Å². The lowest BCUT2D eigenvalue weighted by atomic mass is 9.97. The van der Waals surface area contributed by atoms with Crippen molar-refractivity contribution in [1.29, 1.82) is 0 Å². The summed E-state index contributed by atoms with van der Waals surface area (Å²) in [7, 11) is 0. The van der Waals surface area contributed by atoms with E-state index in [9.17, 15) is 9.59 Å². The molecule has 2 unspecified atom stereocenters. The van der Waals surface area contributed by atoms with Gasteiger partial charge in [0.1, 0.15) is 12.2 Å². The average molecular weight is 523 g/mol. The minimum absolute atomic E-state index is 0.350. The van der Waals surface area contributed by atoms with Gasteiger partial charge in [0.25, 0.3) is 0 Å². The summed E-state index contributed by atoms with van der Waals surface area (Å²) in [6.45, 7) is 12.2. The van der Waals surface area contributed by atoms with E-state index in [1.807, 2.05) is 24.3 Å². The molecular formula is C34H50O4. The topological polar surface area (TPSA) is 52.6 Å². The molecule has 0 radical (unpaired) electrons. The van der Waals surface area contributed by atoms with Crippen LogP contribution in [0.5, 0.6) is 0 Å². The molecule has 2 atom stereocenters. The van der Waals surface area contributed by atoms with Gasteiger partial charge in [0.2, 0.25) is 0 Å². The molecule has 4 heteroatoms. The fourth-order valence-electron chi connectivity index (χ4n) is 4.69. The van der Waals surface area contributed by atoms with Crippen molar-refractivity contribution in [2.24, 2.45) is 0 Å². The van der Waals surface area contributed by atoms with Crippen molar-refractivity contribution in [1.82, 2.24) is 0 Å². The minimum Gasteiger partial charge on any atom is -0.455 e. The number of carbonyl (C=O) groups is 2. The summed E-state index contributed by atoms with van der Waals surface area (Å²) >= 11 is 0. The number of esters is 2. The number of hydrogen-bond acceptors (Lipinski definition) is 4. The van der Waals surface area contributed by atoms with Crippen molar-refractivity contribution >= 4 is 11.9 Å². The Morgan fingerprint density at radius 3 is 1.34 bits per heavy atom. The quantitative estimate of drug-likeness (QED) is 0.154. The Bertz CT molecular complexity index is 928. The standard InChI is InChI=1S/C34H50O4/c1-7-11-13-15-17-29-23-27(9-3)19-21-31(29)33(35)37-25(5)26(6)38-34(36)32-22-20-28(10-4)24-30(32)18-16-14-12-8-2/h19-26H,7-18H2,1-6H3. The molecule has 0 N–H and O–H groups in total. The first-order valence-electron chi connectivity index (χ1n) is 15.0. The van der Waals surface area contributed by atoms with Crippen LogP contribution in [0.4, 0.5) is 0 Å². The number of unbranched alkanes of at least 4 members (excludes halogenated alkanes) is 6. The fraction of sp³-hybridized carbons (Fsp3) is 0.588. The van der Waals surface area contributed by atoms with Crippen LogP contribution in [0.25, 0.3) is 0 Å². The average Bonchev–Trinajstić information content (AvgIpc) is 2.92. The van der Waals surface area contributed by atoms with Gasteiger partial charge in [-0.1, -0.05) is 90.5 Å². The van der Waals surface area contributed by atoms with Crippen molar-refractivity contribution in [3.05, 3.63) is 69.8 Å². The molecular weight excluding hydrogens is 472 g/mol. The Balaban J connectivity index is 2.07. The van der Waals surface area contributed by atoms with Crippen LogP contribution in [0.2, 0.25) is 0 Å². The monoisotopic (exact) mass is 522 g/mol. The molecule has 0 amide bonds. The minimum atomic E-state index is -0.562. The molecule has 0 aliphatic carbocycles. The Labute approximate surface area is 231 Å². The zero-order chi connectivity index (χ0) is 27.9. The molecule has 0 saturated carbocycles. The predicted octanol–water partition coefficient (Wildman–Crippen LogP) is 8.85. The maximum Gasteiger partial charge on any atom is 0.338 e. The van der Waals surface area contributed by atoms with Crippen LogP contribution in [-0.2, 0) is 35.2 Å². The van der Waals surface area contributed by atoms with Gasteiger partial charge in [-0.2, -0.15) is 0 Å². The number of benzene rings is 2. The van der Waals surface area contributed by atoms with E-state index >= 15 is 0 Å². The second-order valence-corrected chi connectivity index (χ2v) is 10.5. The van der Waals surface area contributed by atoms with Gasteiger partial charge in [0.15, 0.2) is 0 Å². The normalized spacial score (nSPS) is 12.7. The van der Waals surface area contributed by atoms with E-state index in [1.54, 1.807) is 13.8 Å². The number of rotatable bonds is 17. The molecule has 2 aromatic carbocycles. The Morgan fingerprint density at radius 2 is 1.00 bits per heavy atom. The number of ether oxygens (including phenoxy) is 2. The third-order valence-electron chi connectivity index (χ3n) is 7.44.